The molecule has 1 aliphatic heterocycles. The second-order valence-electron chi connectivity index (χ2n) is 7.28. The molecule has 0 aliphatic carbocycles. The molecule has 0 atom stereocenters. The Labute approximate surface area is 175 Å². The molecule has 2 aromatic heterocycles. The maximum Gasteiger partial charge on any atom is 0.259 e. The number of anilines is 1. The maximum absolute atomic E-state index is 13.0. The van der Waals surface area contributed by atoms with Crippen molar-refractivity contribution in [2.24, 2.45) is 0 Å². The van der Waals surface area contributed by atoms with Gasteiger partial charge in [0.1, 0.15) is 5.75 Å². The highest BCUT2D eigenvalue weighted by Gasteiger charge is 2.22. The second kappa shape index (κ2) is 8.00. The fraction of sp³-hybridized carbons (Fsp3) is 0.364. The van der Waals surface area contributed by atoms with Crippen molar-refractivity contribution < 1.29 is 9.53 Å². The first kappa shape index (κ1) is 19.7. The smallest absolute Gasteiger partial charge is 0.259 e. The molecule has 152 valence electrons. The van der Waals surface area contributed by atoms with Crippen LogP contribution in [0.25, 0.3) is 5.69 Å². The number of likely N-dealkylation sites (N-methyl/N-ethyl adjacent to an activating group) is 1. The number of nitrogens with zero attached hydrogens (tertiary/aromatic N) is 3. The van der Waals surface area contributed by atoms with Crippen LogP contribution >= 0.6 is 11.3 Å². The van der Waals surface area contributed by atoms with Gasteiger partial charge in [0, 0.05) is 41.5 Å². The first-order valence-corrected chi connectivity index (χ1v) is 10.7. The molecular formula is C22H26N4O2S. The first-order chi connectivity index (χ1) is 14.0. The van der Waals surface area contributed by atoms with E-state index in [2.05, 4.69) is 26.7 Å². The largest absolute Gasteiger partial charge is 0.497 e. The average molecular weight is 411 g/mol. The number of aromatic nitrogens is 2. The lowest BCUT2D eigenvalue weighted by atomic mass is 10.2. The van der Waals surface area contributed by atoms with Gasteiger partial charge in [0.15, 0.2) is 5.13 Å². The minimum Gasteiger partial charge on any atom is -0.497 e. The molecule has 1 aliphatic rings. The Balaban J connectivity index is 1.56. The molecule has 3 heterocycles. The molecule has 0 saturated heterocycles. The van der Waals surface area contributed by atoms with E-state index in [4.69, 9.17) is 4.74 Å². The Morgan fingerprint density at radius 2 is 2.03 bits per heavy atom. The van der Waals surface area contributed by atoms with E-state index in [0.717, 1.165) is 54.6 Å². The predicted octanol–water partition coefficient (Wildman–Crippen LogP) is 4.19. The highest BCUT2D eigenvalue weighted by Crippen LogP contribution is 2.29. The second-order valence-corrected chi connectivity index (χ2v) is 8.36. The molecule has 0 saturated carbocycles. The quantitative estimate of drug-likeness (QED) is 0.685. The number of ether oxygens (including phenoxy) is 1. The van der Waals surface area contributed by atoms with Crippen molar-refractivity contribution in [2.75, 3.05) is 25.5 Å². The Morgan fingerprint density at radius 3 is 2.72 bits per heavy atom. The number of amides is 1. The molecule has 0 radical (unpaired) electrons. The fourth-order valence-corrected chi connectivity index (χ4v) is 4.90. The van der Waals surface area contributed by atoms with Gasteiger partial charge in [-0.05, 0) is 50.7 Å². The maximum atomic E-state index is 13.0. The number of thiazole rings is 1. The van der Waals surface area contributed by atoms with Gasteiger partial charge in [0.25, 0.3) is 5.91 Å². The zero-order chi connectivity index (χ0) is 20.5. The highest BCUT2D eigenvalue weighted by molar-refractivity contribution is 7.15. The summed E-state index contributed by atoms with van der Waals surface area (Å²) in [4.78, 5) is 21.3. The van der Waals surface area contributed by atoms with Crippen LogP contribution in [0.4, 0.5) is 5.13 Å². The summed E-state index contributed by atoms with van der Waals surface area (Å²) in [7, 11) is 1.65. The molecule has 6 nitrogen and oxygen atoms in total. The third-order valence-corrected chi connectivity index (χ3v) is 6.48. The molecule has 1 N–H and O–H groups in total. The van der Waals surface area contributed by atoms with Crippen LogP contribution in [-0.4, -0.2) is 40.6 Å². The Bertz CT molecular complexity index is 1040. The van der Waals surface area contributed by atoms with Gasteiger partial charge in [0.05, 0.1) is 18.4 Å². The minimum atomic E-state index is -0.115. The Kier molecular flexibility index (Phi) is 5.43. The van der Waals surface area contributed by atoms with Crippen LogP contribution < -0.4 is 10.1 Å². The molecule has 0 fully saturated rings. The predicted molar refractivity (Wildman–Crippen MR) is 117 cm³/mol. The van der Waals surface area contributed by atoms with Gasteiger partial charge >= 0.3 is 0 Å². The summed E-state index contributed by atoms with van der Waals surface area (Å²) in [5.74, 6) is 0.694. The summed E-state index contributed by atoms with van der Waals surface area (Å²) >= 11 is 1.59. The van der Waals surface area contributed by atoms with Crippen molar-refractivity contribution in [1.29, 1.82) is 0 Å². The molecular weight excluding hydrogens is 384 g/mol. The van der Waals surface area contributed by atoms with Crippen LogP contribution in [0.3, 0.4) is 0 Å². The minimum absolute atomic E-state index is 0.115. The van der Waals surface area contributed by atoms with Crippen molar-refractivity contribution in [3.05, 3.63) is 57.9 Å². The summed E-state index contributed by atoms with van der Waals surface area (Å²) in [6.07, 6.45) is 0.946. The van der Waals surface area contributed by atoms with Crippen molar-refractivity contribution in [3.63, 3.8) is 0 Å². The fourth-order valence-electron chi connectivity index (χ4n) is 3.86. The van der Waals surface area contributed by atoms with Crippen LogP contribution in [0.1, 0.15) is 39.2 Å². The van der Waals surface area contributed by atoms with E-state index in [0.29, 0.717) is 10.7 Å². The lowest BCUT2D eigenvalue weighted by molar-refractivity contribution is 0.102. The van der Waals surface area contributed by atoms with Crippen LogP contribution in [0, 0.1) is 13.8 Å². The summed E-state index contributed by atoms with van der Waals surface area (Å²) in [5.41, 5.74) is 4.71. The third-order valence-electron chi connectivity index (χ3n) is 5.48. The van der Waals surface area contributed by atoms with Crippen LogP contribution in [0.2, 0.25) is 0 Å². The molecule has 1 aromatic carbocycles. The molecule has 0 spiro atoms. The number of fused-ring (bicyclic) bond motifs is 1. The summed E-state index contributed by atoms with van der Waals surface area (Å²) in [6.45, 7) is 9.15. The lowest BCUT2D eigenvalue weighted by Crippen LogP contribution is -2.29. The number of benzene rings is 1. The molecule has 7 heteroatoms. The lowest BCUT2D eigenvalue weighted by Gasteiger charge is -2.23. The van der Waals surface area contributed by atoms with Gasteiger partial charge in [0.2, 0.25) is 0 Å². The van der Waals surface area contributed by atoms with Crippen molar-refractivity contribution in [1.82, 2.24) is 14.5 Å². The molecule has 3 aromatic rings. The van der Waals surface area contributed by atoms with Gasteiger partial charge in [-0.3, -0.25) is 15.0 Å². The summed E-state index contributed by atoms with van der Waals surface area (Å²) < 4.78 is 7.33. The van der Waals surface area contributed by atoms with Crippen molar-refractivity contribution in [3.8, 4) is 11.4 Å². The van der Waals surface area contributed by atoms with Crippen molar-refractivity contribution in [2.45, 2.75) is 33.7 Å². The molecule has 1 amide bonds. The number of nitrogens with one attached hydrogen (secondary N) is 1. The van der Waals surface area contributed by atoms with Gasteiger partial charge in [-0.15, -0.1) is 11.3 Å². The van der Waals surface area contributed by atoms with E-state index in [-0.39, 0.29) is 5.91 Å². The van der Waals surface area contributed by atoms with E-state index >= 15 is 0 Å². The number of rotatable bonds is 5. The van der Waals surface area contributed by atoms with Crippen LogP contribution in [0.15, 0.2) is 30.3 Å². The number of carbonyl (C=O) groups is 1. The number of aryl methyl sites for hydroxylation is 1. The highest BCUT2D eigenvalue weighted by atomic mass is 32.1. The summed E-state index contributed by atoms with van der Waals surface area (Å²) in [5, 5.41) is 3.70. The number of carbonyl (C=O) groups excluding carboxylic acids is 1. The van der Waals surface area contributed by atoms with E-state index in [1.807, 2.05) is 44.2 Å². The molecule has 29 heavy (non-hydrogen) atoms. The van der Waals surface area contributed by atoms with E-state index in [9.17, 15) is 4.79 Å². The van der Waals surface area contributed by atoms with Gasteiger partial charge in [-0.25, -0.2) is 4.98 Å². The van der Waals surface area contributed by atoms with E-state index < -0.39 is 0 Å². The van der Waals surface area contributed by atoms with E-state index in [1.54, 1.807) is 18.4 Å². The summed E-state index contributed by atoms with van der Waals surface area (Å²) in [6, 6.07) is 9.77. The monoisotopic (exact) mass is 410 g/mol. The topological polar surface area (TPSA) is 59.4 Å². The number of hydrogen-bond acceptors (Lipinski definition) is 5. The number of hydrogen-bond donors (Lipinski definition) is 1. The number of methoxy groups -OCH3 is 1. The van der Waals surface area contributed by atoms with Crippen molar-refractivity contribution >= 4 is 22.4 Å². The van der Waals surface area contributed by atoms with Gasteiger partial charge in [-0.2, -0.15) is 0 Å². The average Bonchev–Trinajstić information content (AvgIpc) is 3.26. The van der Waals surface area contributed by atoms with E-state index in [1.165, 1.54) is 4.88 Å². The van der Waals surface area contributed by atoms with Gasteiger partial charge in [-0.1, -0.05) is 6.92 Å². The SMILES string of the molecule is CCN1CCc2nc(NC(=O)c3cc(C)n(-c4ccc(OC)cc4)c3C)sc2C1. The Hall–Kier alpha value is -2.64. The third kappa shape index (κ3) is 3.80. The van der Waals surface area contributed by atoms with Crippen LogP contribution in [-0.2, 0) is 13.0 Å². The standard InChI is InChI=1S/C22H26N4O2S/c1-5-25-11-10-19-20(13-25)29-22(23-19)24-21(27)18-12-14(2)26(15(18)3)16-6-8-17(28-4)9-7-16/h6-9,12H,5,10-11,13H2,1-4H3,(H,23,24,27). The normalized spacial score (nSPS) is 13.9. The first-order valence-electron chi connectivity index (χ1n) is 9.85. The molecule has 0 unspecified atom stereocenters. The van der Waals surface area contributed by atoms with Crippen LogP contribution in [0.5, 0.6) is 5.75 Å². The Morgan fingerprint density at radius 1 is 1.28 bits per heavy atom. The molecule has 4 rings (SSSR count). The zero-order valence-electron chi connectivity index (χ0n) is 17.3. The molecule has 0 bridgehead atoms. The van der Waals surface area contributed by atoms with Gasteiger partial charge < -0.3 is 9.30 Å². The zero-order valence-corrected chi connectivity index (χ0v) is 18.1.